The molecule has 0 spiro atoms. The average Bonchev–Trinajstić information content (AvgIpc) is 2.53. The maximum absolute atomic E-state index is 12.0. The molecule has 134 valence electrons. The molecule has 1 N–H and O–H groups in total. The normalized spacial score (nSPS) is 16.3. The summed E-state index contributed by atoms with van der Waals surface area (Å²) in [4.78, 5) is 12.0. The smallest absolute Gasteiger partial charge is 0.224 e. The number of nitrogens with one attached hydrogen (secondary N) is 1. The molecule has 8 heteroatoms. The molecule has 0 aromatic heterocycles. The van der Waals surface area contributed by atoms with E-state index in [1.165, 1.54) is 10.6 Å². The third-order valence-corrected chi connectivity index (χ3v) is 5.54. The lowest BCUT2D eigenvalue weighted by Gasteiger charge is -2.32. The van der Waals surface area contributed by atoms with Gasteiger partial charge < -0.3 is 10.1 Å². The molecule has 0 unspecified atom stereocenters. The van der Waals surface area contributed by atoms with Gasteiger partial charge in [-0.05, 0) is 30.5 Å². The van der Waals surface area contributed by atoms with Gasteiger partial charge in [0.15, 0.2) is 0 Å². The summed E-state index contributed by atoms with van der Waals surface area (Å²) in [5.74, 6) is -0.141. The second-order valence-electron chi connectivity index (χ2n) is 5.87. The van der Waals surface area contributed by atoms with Gasteiger partial charge in [0.25, 0.3) is 0 Å². The lowest BCUT2D eigenvalue weighted by molar-refractivity contribution is -0.120. The first-order valence-corrected chi connectivity index (χ1v) is 10.1. The summed E-state index contributed by atoms with van der Waals surface area (Å²) in [7, 11) is -3.31. The van der Waals surface area contributed by atoms with Crippen molar-refractivity contribution in [3.05, 3.63) is 34.9 Å². The van der Waals surface area contributed by atoms with E-state index in [-0.39, 0.29) is 31.5 Å². The molecular formula is C16H23ClN2O4S. The summed E-state index contributed by atoms with van der Waals surface area (Å²) < 4.78 is 30.7. The number of benzene rings is 1. The van der Waals surface area contributed by atoms with Crippen LogP contribution in [0.25, 0.3) is 0 Å². The Hall–Kier alpha value is -1.15. The number of hydrogen-bond acceptors (Lipinski definition) is 4. The summed E-state index contributed by atoms with van der Waals surface area (Å²) in [5, 5.41) is 3.40. The van der Waals surface area contributed by atoms with Gasteiger partial charge in [0.2, 0.25) is 15.9 Å². The average molecular weight is 375 g/mol. The van der Waals surface area contributed by atoms with Gasteiger partial charge >= 0.3 is 0 Å². The molecule has 0 atom stereocenters. The largest absolute Gasteiger partial charge is 0.381 e. The first-order chi connectivity index (χ1) is 11.4. The standard InChI is InChI=1S/C16H23ClN2O4S/c1-24(21,22)19(15-6-10-23-11-7-15)9-8-18-16(20)12-13-2-4-14(17)5-3-13/h2-5,15H,6-12H2,1H3,(H,18,20). The van der Waals surface area contributed by atoms with Crippen LogP contribution in [-0.4, -0.2) is 57.2 Å². The van der Waals surface area contributed by atoms with Crippen LogP contribution < -0.4 is 5.32 Å². The Balaban J connectivity index is 1.83. The fourth-order valence-electron chi connectivity index (χ4n) is 2.75. The molecule has 1 aromatic rings. The van der Waals surface area contributed by atoms with E-state index in [0.717, 1.165) is 5.56 Å². The molecule has 0 aliphatic carbocycles. The van der Waals surface area contributed by atoms with Crippen molar-refractivity contribution in [1.29, 1.82) is 0 Å². The van der Waals surface area contributed by atoms with E-state index in [0.29, 0.717) is 31.1 Å². The van der Waals surface area contributed by atoms with Crippen molar-refractivity contribution in [2.75, 3.05) is 32.6 Å². The number of ether oxygens (including phenoxy) is 1. The van der Waals surface area contributed by atoms with Gasteiger partial charge in [-0.1, -0.05) is 23.7 Å². The Morgan fingerprint density at radius 2 is 1.92 bits per heavy atom. The lowest BCUT2D eigenvalue weighted by Crippen LogP contribution is -2.46. The predicted molar refractivity (Wildman–Crippen MR) is 93.6 cm³/mol. The minimum Gasteiger partial charge on any atom is -0.381 e. The van der Waals surface area contributed by atoms with Gasteiger partial charge in [-0.3, -0.25) is 4.79 Å². The number of carbonyl (C=O) groups excluding carboxylic acids is 1. The number of halogens is 1. The van der Waals surface area contributed by atoms with Gasteiger partial charge in [0.1, 0.15) is 0 Å². The summed E-state index contributed by atoms with van der Waals surface area (Å²) in [6.07, 6.45) is 2.82. The molecule has 1 fully saturated rings. The predicted octanol–water partition coefficient (Wildman–Crippen LogP) is 1.44. The first-order valence-electron chi connectivity index (χ1n) is 7.92. The van der Waals surface area contributed by atoms with Crippen molar-refractivity contribution in [2.45, 2.75) is 25.3 Å². The Bertz CT molecular complexity index is 643. The molecule has 6 nitrogen and oxygen atoms in total. The zero-order valence-electron chi connectivity index (χ0n) is 13.7. The highest BCUT2D eigenvalue weighted by Gasteiger charge is 2.28. The van der Waals surface area contributed by atoms with E-state index >= 15 is 0 Å². The monoisotopic (exact) mass is 374 g/mol. The van der Waals surface area contributed by atoms with Crippen LogP contribution in [0.1, 0.15) is 18.4 Å². The van der Waals surface area contributed by atoms with Crippen molar-refractivity contribution in [3.63, 3.8) is 0 Å². The highest BCUT2D eigenvalue weighted by molar-refractivity contribution is 7.88. The molecular weight excluding hydrogens is 352 g/mol. The Labute approximate surface area is 148 Å². The number of rotatable bonds is 7. The number of nitrogens with zero attached hydrogens (tertiary/aromatic N) is 1. The van der Waals surface area contributed by atoms with Crippen molar-refractivity contribution in [1.82, 2.24) is 9.62 Å². The minimum atomic E-state index is -3.31. The van der Waals surface area contributed by atoms with Crippen molar-refractivity contribution in [3.8, 4) is 0 Å². The van der Waals surface area contributed by atoms with Crippen LogP contribution in [0.15, 0.2) is 24.3 Å². The van der Waals surface area contributed by atoms with Gasteiger partial charge in [-0.25, -0.2) is 8.42 Å². The van der Waals surface area contributed by atoms with E-state index in [1.807, 2.05) is 0 Å². The van der Waals surface area contributed by atoms with Gasteiger partial charge in [-0.2, -0.15) is 4.31 Å². The second kappa shape index (κ2) is 8.80. The third-order valence-electron chi connectivity index (χ3n) is 3.96. The highest BCUT2D eigenvalue weighted by atomic mass is 35.5. The molecule has 0 radical (unpaired) electrons. The van der Waals surface area contributed by atoms with Crippen LogP contribution in [0.3, 0.4) is 0 Å². The molecule has 0 saturated carbocycles. The number of hydrogen-bond donors (Lipinski definition) is 1. The Morgan fingerprint density at radius 3 is 2.50 bits per heavy atom. The highest BCUT2D eigenvalue weighted by Crippen LogP contribution is 2.17. The maximum atomic E-state index is 12.0. The second-order valence-corrected chi connectivity index (χ2v) is 8.24. The van der Waals surface area contributed by atoms with Gasteiger partial charge in [0, 0.05) is 37.4 Å². The molecule has 1 amide bonds. The minimum absolute atomic E-state index is 0.0538. The zero-order chi connectivity index (χ0) is 17.6. The molecule has 0 bridgehead atoms. The van der Waals surface area contributed by atoms with Gasteiger partial charge in [-0.15, -0.1) is 0 Å². The van der Waals surface area contributed by atoms with Gasteiger partial charge in [0.05, 0.1) is 12.7 Å². The van der Waals surface area contributed by atoms with E-state index in [1.54, 1.807) is 24.3 Å². The van der Waals surface area contributed by atoms with E-state index in [2.05, 4.69) is 5.32 Å². The topological polar surface area (TPSA) is 75.7 Å². The quantitative estimate of drug-likeness (QED) is 0.783. The molecule has 1 aromatic carbocycles. The molecule has 24 heavy (non-hydrogen) atoms. The fraction of sp³-hybridized carbons (Fsp3) is 0.562. The number of sulfonamides is 1. The van der Waals surface area contributed by atoms with E-state index in [4.69, 9.17) is 16.3 Å². The molecule has 1 aliphatic rings. The number of amides is 1. The van der Waals surface area contributed by atoms with E-state index < -0.39 is 10.0 Å². The fourth-order valence-corrected chi connectivity index (χ4v) is 4.05. The van der Waals surface area contributed by atoms with Crippen LogP contribution in [0.5, 0.6) is 0 Å². The third kappa shape index (κ3) is 6.05. The summed E-state index contributed by atoms with van der Waals surface area (Å²) in [5.41, 5.74) is 0.862. The number of carbonyl (C=O) groups is 1. The Kier molecular flexibility index (Phi) is 7.03. The van der Waals surface area contributed by atoms with Crippen molar-refractivity contribution in [2.24, 2.45) is 0 Å². The van der Waals surface area contributed by atoms with Crippen molar-refractivity contribution >= 4 is 27.5 Å². The molecule has 1 saturated heterocycles. The van der Waals surface area contributed by atoms with Crippen molar-refractivity contribution < 1.29 is 17.9 Å². The first kappa shape index (κ1) is 19.2. The van der Waals surface area contributed by atoms with E-state index in [9.17, 15) is 13.2 Å². The lowest BCUT2D eigenvalue weighted by atomic mass is 10.1. The van der Waals surface area contributed by atoms with Crippen LogP contribution in [-0.2, 0) is 26.0 Å². The van der Waals surface area contributed by atoms with Crippen LogP contribution >= 0.6 is 11.6 Å². The van der Waals surface area contributed by atoms with Crippen LogP contribution in [0.2, 0.25) is 5.02 Å². The molecule has 1 aliphatic heterocycles. The summed E-state index contributed by atoms with van der Waals surface area (Å²) in [6.45, 7) is 1.70. The molecule has 2 rings (SSSR count). The Morgan fingerprint density at radius 1 is 1.29 bits per heavy atom. The summed E-state index contributed by atoms with van der Waals surface area (Å²) in [6, 6.07) is 7.02. The summed E-state index contributed by atoms with van der Waals surface area (Å²) >= 11 is 5.81. The zero-order valence-corrected chi connectivity index (χ0v) is 15.3. The SMILES string of the molecule is CS(=O)(=O)N(CCNC(=O)Cc1ccc(Cl)cc1)C1CCOCC1. The molecule has 1 heterocycles. The van der Waals surface area contributed by atoms with Crippen LogP contribution in [0.4, 0.5) is 0 Å². The van der Waals surface area contributed by atoms with Crippen LogP contribution in [0, 0.1) is 0 Å². The maximum Gasteiger partial charge on any atom is 0.224 e.